The molecule has 0 aromatic carbocycles. The first-order valence-electron chi connectivity index (χ1n) is 7.61. The van der Waals surface area contributed by atoms with Crippen molar-refractivity contribution in [3.05, 3.63) is 12.4 Å². The number of amides is 1. The predicted molar refractivity (Wildman–Crippen MR) is 90.7 cm³/mol. The highest BCUT2D eigenvalue weighted by atomic mass is 32.2. The smallest absolute Gasteiger partial charge is 0.331 e. The van der Waals surface area contributed by atoms with E-state index in [1.54, 1.807) is 13.8 Å². The summed E-state index contributed by atoms with van der Waals surface area (Å²) in [4.78, 5) is 23.0. The number of carbonyl (C=O) groups is 2. The maximum absolute atomic E-state index is 11.8. The van der Waals surface area contributed by atoms with Crippen LogP contribution in [0.4, 0.5) is 5.69 Å². The first-order valence-corrected chi connectivity index (χ1v) is 9.26. The third-order valence-electron chi connectivity index (χ3n) is 3.22. The Morgan fingerprint density at radius 3 is 2.60 bits per heavy atom. The van der Waals surface area contributed by atoms with Crippen molar-refractivity contribution in [3.63, 3.8) is 0 Å². The van der Waals surface area contributed by atoms with Crippen molar-refractivity contribution in [2.75, 3.05) is 24.2 Å². The van der Waals surface area contributed by atoms with Crippen molar-refractivity contribution in [3.8, 4) is 0 Å². The number of anilines is 1. The summed E-state index contributed by atoms with van der Waals surface area (Å²) in [6.07, 6.45) is 2.56. The molecule has 0 spiro atoms. The Labute approximate surface area is 146 Å². The normalized spacial score (nSPS) is 12.4. The second kappa shape index (κ2) is 8.41. The molecule has 1 amide bonds. The maximum Gasteiger partial charge on any atom is 0.331 e. The van der Waals surface area contributed by atoms with Crippen LogP contribution in [0.5, 0.6) is 0 Å². The van der Waals surface area contributed by atoms with E-state index < -0.39 is 34.0 Å². The van der Waals surface area contributed by atoms with Gasteiger partial charge in [0.15, 0.2) is 5.54 Å². The van der Waals surface area contributed by atoms with E-state index in [2.05, 4.69) is 15.1 Å². The minimum Gasteiger partial charge on any atom is -0.479 e. The summed E-state index contributed by atoms with van der Waals surface area (Å²) >= 11 is 0. The van der Waals surface area contributed by atoms with E-state index in [9.17, 15) is 18.0 Å². The Kier molecular flexibility index (Phi) is 7.08. The van der Waals surface area contributed by atoms with Crippen LogP contribution in [-0.4, -0.2) is 60.2 Å². The third kappa shape index (κ3) is 6.80. The quantitative estimate of drug-likeness (QED) is 0.521. The molecule has 10 nitrogen and oxygen atoms in total. The molecule has 0 radical (unpaired) electrons. The zero-order valence-electron chi connectivity index (χ0n) is 14.6. The fourth-order valence-electron chi connectivity index (χ4n) is 1.64. The Bertz CT molecular complexity index is 711. The van der Waals surface area contributed by atoms with Gasteiger partial charge in [-0.1, -0.05) is 0 Å². The number of sulfonamides is 1. The van der Waals surface area contributed by atoms with E-state index in [0.717, 1.165) is 0 Å². The van der Waals surface area contributed by atoms with Gasteiger partial charge >= 0.3 is 5.97 Å². The third-order valence-corrected chi connectivity index (χ3v) is 4.51. The summed E-state index contributed by atoms with van der Waals surface area (Å²) in [6.45, 7) is 6.09. The summed E-state index contributed by atoms with van der Waals surface area (Å²) in [5, 5.41) is 15.5. The highest BCUT2D eigenvalue weighted by Crippen LogP contribution is 2.17. The molecule has 0 saturated heterocycles. The van der Waals surface area contributed by atoms with Crippen LogP contribution in [0.25, 0.3) is 0 Å². The van der Waals surface area contributed by atoms with Crippen molar-refractivity contribution in [2.45, 2.75) is 39.3 Å². The SMILES string of the molecule is CC(C)OCCS(=O)(=O)NCC(=O)Nc1cnn(C(C)(C)C(=O)O)c1. The van der Waals surface area contributed by atoms with E-state index in [0.29, 0.717) is 0 Å². The fraction of sp³-hybridized carbons (Fsp3) is 0.643. The highest BCUT2D eigenvalue weighted by Gasteiger charge is 2.30. The first kappa shape index (κ1) is 21.1. The van der Waals surface area contributed by atoms with Gasteiger partial charge in [0.1, 0.15) is 0 Å². The average Bonchev–Trinajstić information content (AvgIpc) is 2.93. The van der Waals surface area contributed by atoms with Crippen molar-refractivity contribution < 1.29 is 27.9 Å². The number of carboxylic acids is 1. The van der Waals surface area contributed by atoms with E-state index >= 15 is 0 Å². The molecule has 0 fully saturated rings. The van der Waals surface area contributed by atoms with Crippen molar-refractivity contribution >= 4 is 27.6 Å². The Morgan fingerprint density at radius 2 is 2.04 bits per heavy atom. The van der Waals surface area contributed by atoms with E-state index in [1.165, 1.54) is 30.9 Å². The number of nitrogens with zero attached hydrogens (tertiary/aromatic N) is 2. The molecule has 25 heavy (non-hydrogen) atoms. The lowest BCUT2D eigenvalue weighted by Crippen LogP contribution is -2.36. The molecule has 3 N–H and O–H groups in total. The van der Waals surface area contributed by atoms with E-state index in [-0.39, 0.29) is 24.2 Å². The molecule has 1 aromatic rings. The van der Waals surface area contributed by atoms with Gasteiger partial charge in [-0.2, -0.15) is 5.10 Å². The lowest BCUT2D eigenvalue weighted by Gasteiger charge is -2.19. The molecular formula is C14H24N4O6S. The maximum atomic E-state index is 11.8. The summed E-state index contributed by atoms with van der Waals surface area (Å²) < 4.78 is 32.0. The van der Waals surface area contributed by atoms with Crippen molar-refractivity contribution in [1.29, 1.82) is 0 Å². The van der Waals surface area contributed by atoms with Gasteiger partial charge in [0, 0.05) is 6.20 Å². The van der Waals surface area contributed by atoms with Gasteiger partial charge in [-0.05, 0) is 27.7 Å². The molecule has 1 aromatic heterocycles. The topological polar surface area (TPSA) is 140 Å². The number of ether oxygens (including phenoxy) is 1. The molecular weight excluding hydrogens is 352 g/mol. The van der Waals surface area contributed by atoms with Crippen LogP contribution in [-0.2, 0) is 29.9 Å². The van der Waals surface area contributed by atoms with Gasteiger partial charge in [0.25, 0.3) is 0 Å². The van der Waals surface area contributed by atoms with Crippen molar-refractivity contribution in [2.24, 2.45) is 0 Å². The number of hydrogen-bond acceptors (Lipinski definition) is 6. The molecule has 0 aliphatic rings. The molecule has 0 saturated carbocycles. The zero-order chi connectivity index (χ0) is 19.3. The Balaban J connectivity index is 2.53. The van der Waals surface area contributed by atoms with Gasteiger partial charge in [0.05, 0.1) is 36.9 Å². The number of aromatic nitrogens is 2. The highest BCUT2D eigenvalue weighted by molar-refractivity contribution is 7.89. The van der Waals surface area contributed by atoms with E-state index in [1.807, 2.05) is 0 Å². The minimum atomic E-state index is -3.63. The van der Waals surface area contributed by atoms with Crippen LogP contribution >= 0.6 is 0 Å². The Hall–Kier alpha value is -1.98. The number of carboxylic acid groups (broad SMARTS) is 1. The van der Waals surface area contributed by atoms with Crippen LogP contribution in [0, 0.1) is 0 Å². The lowest BCUT2D eigenvalue weighted by atomic mass is 10.1. The number of aliphatic carboxylic acids is 1. The van der Waals surface area contributed by atoms with Crippen molar-refractivity contribution in [1.82, 2.24) is 14.5 Å². The summed E-state index contributed by atoms with van der Waals surface area (Å²) in [7, 11) is -3.63. The van der Waals surface area contributed by atoms with Crippen LogP contribution < -0.4 is 10.0 Å². The number of carbonyl (C=O) groups excluding carboxylic acids is 1. The van der Waals surface area contributed by atoms with E-state index in [4.69, 9.17) is 9.84 Å². The van der Waals surface area contributed by atoms with Gasteiger partial charge in [0.2, 0.25) is 15.9 Å². The average molecular weight is 376 g/mol. The predicted octanol–water partition coefficient (Wildman–Crippen LogP) is -0.0143. The molecule has 142 valence electrons. The number of rotatable bonds is 10. The standard InChI is InChI=1S/C14H24N4O6S/c1-10(2)24-5-6-25(22,23)16-8-12(19)17-11-7-15-18(9-11)14(3,4)13(20)21/h7,9-10,16H,5-6,8H2,1-4H3,(H,17,19)(H,20,21). The summed E-state index contributed by atoms with van der Waals surface area (Å²) in [6, 6.07) is 0. The summed E-state index contributed by atoms with van der Waals surface area (Å²) in [5.74, 6) is -1.92. The largest absolute Gasteiger partial charge is 0.479 e. The molecule has 1 heterocycles. The second-order valence-electron chi connectivity index (χ2n) is 6.15. The number of nitrogens with one attached hydrogen (secondary N) is 2. The van der Waals surface area contributed by atoms with Gasteiger partial charge < -0.3 is 15.2 Å². The molecule has 0 aliphatic carbocycles. The molecule has 0 unspecified atom stereocenters. The fourth-order valence-corrected chi connectivity index (χ4v) is 2.45. The zero-order valence-corrected chi connectivity index (χ0v) is 15.5. The lowest BCUT2D eigenvalue weighted by molar-refractivity contribution is -0.146. The molecule has 0 atom stereocenters. The van der Waals surface area contributed by atoms with Gasteiger partial charge in [-0.25, -0.2) is 17.9 Å². The first-order chi connectivity index (χ1) is 11.4. The molecule has 0 aliphatic heterocycles. The van der Waals surface area contributed by atoms with Crippen LogP contribution in [0.3, 0.4) is 0 Å². The monoisotopic (exact) mass is 376 g/mol. The number of hydrogen-bond donors (Lipinski definition) is 3. The minimum absolute atomic E-state index is 0.0334. The van der Waals surface area contributed by atoms with Crippen LogP contribution in [0.1, 0.15) is 27.7 Å². The second-order valence-corrected chi connectivity index (χ2v) is 8.07. The summed E-state index contributed by atoms with van der Waals surface area (Å²) in [5.41, 5.74) is -1.01. The molecule has 1 rings (SSSR count). The van der Waals surface area contributed by atoms with Gasteiger partial charge in [-0.15, -0.1) is 0 Å². The van der Waals surface area contributed by atoms with Crippen LogP contribution in [0.15, 0.2) is 12.4 Å². The molecule has 11 heteroatoms. The Morgan fingerprint density at radius 1 is 1.40 bits per heavy atom. The van der Waals surface area contributed by atoms with Crippen LogP contribution in [0.2, 0.25) is 0 Å². The molecule has 0 bridgehead atoms. The van der Waals surface area contributed by atoms with Gasteiger partial charge in [-0.3, -0.25) is 9.48 Å².